The lowest BCUT2D eigenvalue weighted by Gasteiger charge is -2.21. The number of imidazole rings is 1. The lowest BCUT2D eigenvalue weighted by molar-refractivity contribution is 0.463. The van der Waals surface area contributed by atoms with Crippen LogP contribution in [0, 0.1) is 0 Å². The number of benzene rings is 2. The maximum absolute atomic E-state index is 4.54. The van der Waals surface area contributed by atoms with Gasteiger partial charge in [-0.15, -0.1) is 0 Å². The number of fused-ring (bicyclic) bond motifs is 1. The molecule has 2 N–H and O–H groups in total. The van der Waals surface area contributed by atoms with Crippen molar-refractivity contribution in [3.05, 3.63) is 84.6 Å². The molecular weight excluding hydrogens is 360 g/mol. The van der Waals surface area contributed by atoms with Crippen molar-refractivity contribution in [2.45, 2.75) is 13.1 Å². The predicted octanol–water partition coefficient (Wildman–Crippen LogP) is 3.83. The fourth-order valence-electron chi connectivity index (χ4n) is 3.38. The van der Waals surface area contributed by atoms with E-state index in [9.17, 15) is 0 Å². The highest BCUT2D eigenvalue weighted by Gasteiger charge is 2.11. The van der Waals surface area contributed by atoms with E-state index in [1.165, 1.54) is 5.39 Å². The molecule has 2 aromatic carbocycles. The molecule has 2 aromatic heterocycles. The Kier molecular flexibility index (Phi) is 5.52. The zero-order valence-electron chi connectivity index (χ0n) is 16.6. The van der Waals surface area contributed by atoms with Crippen LogP contribution >= 0.6 is 0 Å². The molecule has 0 saturated carbocycles. The minimum absolute atomic E-state index is 0.603. The lowest BCUT2D eigenvalue weighted by Crippen LogP contribution is -2.38. The fourth-order valence-corrected chi connectivity index (χ4v) is 3.38. The molecule has 0 aliphatic carbocycles. The first-order chi connectivity index (χ1) is 14.2. The van der Waals surface area contributed by atoms with Crippen LogP contribution in [0.5, 0.6) is 0 Å². The van der Waals surface area contributed by atoms with Crippen LogP contribution in [0.1, 0.15) is 11.5 Å². The Morgan fingerprint density at radius 1 is 1.03 bits per heavy atom. The Hall–Kier alpha value is -3.67. The maximum Gasteiger partial charge on any atom is 0.194 e. The summed E-state index contributed by atoms with van der Waals surface area (Å²) in [4.78, 5) is 18.9. The second kappa shape index (κ2) is 8.56. The molecule has 0 fully saturated rings. The number of pyridine rings is 1. The van der Waals surface area contributed by atoms with Crippen molar-refractivity contribution in [3.8, 4) is 11.3 Å². The zero-order chi connectivity index (χ0) is 20.1. The van der Waals surface area contributed by atoms with Crippen LogP contribution in [0.15, 0.2) is 78.0 Å². The summed E-state index contributed by atoms with van der Waals surface area (Å²) in [5.41, 5.74) is 3.14. The van der Waals surface area contributed by atoms with Gasteiger partial charge in [0.2, 0.25) is 0 Å². The van der Waals surface area contributed by atoms with Gasteiger partial charge >= 0.3 is 0 Å². The molecular formula is C23H24N6. The number of aliphatic imine (C=N–C) groups is 1. The number of rotatable bonds is 5. The number of hydrogen-bond acceptors (Lipinski definition) is 3. The molecule has 6 heteroatoms. The molecule has 2 heterocycles. The summed E-state index contributed by atoms with van der Waals surface area (Å²) in [6, 6.07) is 20.5. The van der Waals surface area contributed by atoms with Gasteiger partial charge in [-0.1, -0.05) is 54.6 Å². The van der Waals surface area contributed by atoms with Gasteiger partial charge in [0.1, 0.15) is 5.82 Å². The average molecular weight is 384 g/mol. The minimum Gasteiger partial charge on any atom is -0.351 e. The van der Waals surface area contributed by atoms with Gasteiger partial charge in [0.25, 0.3) is 0 Å². The van der Waals surface area contributed by atoms with Crippen LogP contribution in [-0.2, 0) is 13.1 Å². The van der Waals surface area contributed by atoms with Gasteiger partial charge in [-0.05, 0) is 17.0 Å². The number of nitrogens with zero attached hydrogens (tertiary/aromatic N) is 4. The fraction of sp³-hybridized carbons (Fsp3) is 0.174. The van der Waals surface area contributed by atoms with E-state index >= 15 is 0 Å². The van der Waals surface area contributed by atoms with Crippen molar-refractivity contribution in [1.29, 1.82) is 0 Å². The van der Waals surface area contributed by atoms with E-state index in [4.69, 9.17) is 0 Å². The van der Waals surface area contributed by atoms with Crippen molar-refractivity contribution < 1.29 is 0 Å². The molecule has 0 saturated heterocycles. The molecule has 0 aliphatic heterocycles. The van der Waals surface area contributed by atoms with Gasteiger partial charge < -0.3 is 15.2 Å². The highest BCUT2D eigenvalue weighted by Crippen LogP contribution is 2.17. The molecule has 4 aromatic rings. The Balaban J connectivity index is 1.42. The third-order valence-corrected chi connectivity index (χ3v) is 4.84. The van der Waals surface area contributed by atoms with Crippen molar-refractivity contribution in [2.24, 2.45) is 4.99 Å². The molecule has 6 nitrogen and oxygen atoms in total. The lowest BCUT2D eigenvalue weighted by atomic mass is 10.1. The molecule has 0 amide bonds. The minimum atomic E-state index is 0.603. The van der Waals surface area contributed by atoms with Crippen LogP contribution in [-0.4, -0.2) is 39.9 Å². The molecule has 4 rings (SSSR count). The molecule has 0 unspecified atom stereocenters. The van der Waals surface area contributed by atoms with Crippen molar-refractivity contribution >= 4 is 16.7 Å². The van der Waals surface area contributed by atoms with E-state index in [-0.39, 0.29) is 0 Å². The molecule has 29 heavy (non-hydrogen) atoms. The first-order valence-electron chi connectivity index (χ1n) is 9.58. The topological polar surface area (TPSA) is 69.2 Å². The third-order valence-electron chi connectivity index (χ3n) is 4.84. The highest BCUT2D eigenvalue weighted by molar-refractivity contribution is 5.85. The second-order valence-corrected chi connectivity index (χ2v) is 6.85. The van der Waals surface area contributed by atoms with Gasteiger partial charge in [0.05, 0.1) is 30.7 Å². The number of H-pyrrole nitrogens is 1. The molecule has 0 atom stereocenters. The van der Waals surface area contributed by atoms with E-state index in [2.05, 4.69) is 49.5 Å². The van der Waals surface area contributed by atoms with Crippen molar-refractivity contribution in [2.75, 3.05) is 14.1 Å². The number of hydrogen-bond donors (Lipinski definition) is 2. The predicted molar refractivity (Wildman–Crippen MR) is 117 cm³/mol. The Morgan fingerprint density at radius 2 is 1.83 bits per heavy atom. The number of aromatic amines is 1. The monoisotopic (exact) mass is 384 g/mol. The van der Waals surface area contributed by atoms with Gasteiger partial charge in [0, 0.05) is 25.7 Å². The largest absolute Gasteiger partial charge is 0.351 e. The summed E-state index contributed by atoms with van der Waals surface area (Å²) in [5, 5.41) is 5.75. The summed E-state index contributed by atoms with van der Waals surface area (Å²) in [6.45, 7) is 1.22. The summed E-state index contributed by atoms with van der Waals surface area (Å²) >= 11 is 0. The van der Waals surface area contributed by atoms with Crippen LogP contribution in [0.25, 0.3) is 22.0 Å². The SMILES string of the molecule is CN=C(NCc1nccc2ccccc12)N(C)Cc1ncc(-c2ccccc2)[nH]1. The summed E-state index contributed by atoms with van der Waals surface area (Å²) < 4.78 is 0. The van der Waals surface area contributed by atoms with Crippen LogP contribution in [0.2, 0.25) is 0 Å². The van der Waals surface area contributed by atoms with E-state index in [0.29, 0.717) is 13.1 Å². The Bertz CT molecular complexity index is 1110. The highest BCUT2D eigenvalue weighted by atomic mass is 15.3. The number of guanidine groups is 1. The van der Waals surface area contributed by atoms with Gasteiger partial charge in [-0.2, -0.15) is 0 Å². The second-order valence-electron chi connectivity index (χ2n) is 6.85. The van der Waals surface area contributed by atoms with Crippen LogP contribution < -0.4 is 5.32 Å². The van der Waals surface area contributed by atoms with E-state index < -0.39 is 0 Å². The first-order valence-corrected chi connectivity index (χ1v) is 9.58. The van der Waals surface area contributed by atoms with Crippen LogP contribution in [0.4, 0.5) is 0 Å². The van der Waals surface area contributed by atoms with Gasteiger partial charge in [-0.25, -0.2) is 4.98 Å². The van der Waals surface area contributed by atoms with Crippen LogP contribution in [0.3, 0.4) is 0 Å². The van der Waals surface area contributed by atoms with Crippen molar-refractivity contribution in [1.82, 2.24) is 25.2 Å². The summed E-state index contributed by atoms with van der Waals surface area (Å²) in [6.07, 6.45) is 3.72. The zero-order valence-corrected chi connectivity index (χ0v) is 16.6. The van der Waals surface area contributed by atoms with Gasteiger partial charge in [0.15, 0.2) is 5.96 Å². The molecule has 0 radical (unpaired) electrons. The first kappa shape index (κ1) is 18.7. The van der Waals surface area contributed by atoms with Gasteiger partial charge in [-0.3, -0.25) is 9.98 Å². The Morgan fingerprint density at radius 3 is 2.66 bits per heavy atom. The molecule has 0 spiro atoms. The average Bonchev–Trinajstić information content (AvgIpc) is 3.23. The molecule has 0 bridgehead atoms. The third kappa shape index (κ3) is 4.27. The number of nitrogens with one attached hydrogen (secondary N) is 2. The smallest absolute Gasteiger partial charge is 0.194 e. The Labute approximate surface area is 170 Å². The normalized spacial score (nSPS) is 11.6. The van der Waals surface area contributed by atoms with Crippen molar-refractivity contribution in [3.63, 3.8) is 0 Å². The number of aromatic nitrogens is 3. The summed E-state index contributed by atoms with van der Waals surface area (Å²) in [7, 11) is 3.78. The van der Waals surface area contributed by atoms with E-state index in [0.717, 1.165) is 34.1 Å². The van der Waals surface area contributed by atoms with E-state index in [1.807, 2.05) is 60.7 Å². The quantitative estimate of drug-likeness (QED) is 0.405. The summed E-state index contributed by atoms with van der Waals surface area (Å²) in [5.74, 6) is 1.68. The molecule has 0 aliphatic rings. The standard InChI is InChI=1S/C23H24N6/c1-24-23(27-15-21-19-11-7-6-8-17(19)12-13-25-21)29(2)16-22-26-14-20(28-22)18-9-4-3-5-10-18/h3-14H,15-16H2,1-2H3,(H,24,27)(H,26,28). The van der Waals surface area contributed by atoms with E-state index in [1.54, 1.807) is 7.05 Å². The molecule has 146 valence electrons. The maximum atomic E-state index is 4.54.